The van der Waals surface area contributed by atoms with Gasteiger partial charge in [0, 0.05) is 31.1 Å². The first kappa shape index (κ1) is 27.9. The van der Waals surface area contributed by atoms with E-state index in [2.05, 4.69) is 11.4 Å². The number of benzene rings is 2. The molecule has 0 aliphatic carbocycles. The van der Waals surface area contributed by atoms with Crippen LogP contribution >= 0.6 is 10.6 Å². The molecule has 0 saturated heterocycles. The van der Waals surface area contributed by atoms with E-state index in [1.54, 1.807) is 12.1 Å². The molecule has 0 amide bonds. The topological polar surface area (TPSA) is 122 Å². The van der Waals surface area contributed by atoms with Crippen LogP contribution in [0.5, 0.6) is 5.75 Å². The third kappa shape index (κ3) is 8.75. The zero-order valence-electron chi connectivity index (χ0n) is 20.5. The van der Waals surface area contributed by atoms with E-state index in [4.69, 9.17) is 4.74 Å². The molecule has 0 fully saturated rings. The lowest BCUT2D eigenvalue weighted by Crippen LogP contribution is -2.22. The maximum Gasteiger partial charge on any atom is 0.121 e. The molecule has 1 atom stereocenters. The van der Waals surface area contributed by atoms with E-state index in [0.717, 1.165) is 81.6 Å². The number of nitrogens with one attached hydrogen (secondary N) is 1. The largest absolute Gasteiger partial charge is 0.508 e. The van der Waals surface area contributed by atoms with Crippen molar-refractivity contribution in [1.82, 2.24) is 5.32 Å². The third-order valence-corrected chi connectivity index (χ3v) is 8.39. The highest BCUT2D eigenvalue weighted by Gasteiger charge is 2.26. The molecule has 1 aliphatic rings. The lowest BCUT2D eigenvalue weighted by Gasteiger charge is -2.27. The van der Waals surface area contributed by atoms with Crippen molar-refractivity contribution in [3.05, 3.63) is 58.7 Å². The molecule has 1 heterocycles. The van der Waals surface area contributed by atoms with E-state index in [1.807, 2.05) is 12.1 Å². The molecule has 7 nitrogen and oxygen atoms in total. The van der Waals surface area contributed by atoms with Crippen LogP contribution in [-0.2, 0) is 24.2 Å². The van der Waals surface area contributed by atoms with Crippen LogP contribution in [-0.4, -0.2) is 56.5 Å². The Labute approximate surface area is 210 Å². The Kier molecular flexibility index (Phi) is 11.3. The predicted octanol–water partition coefficient (Wildman–Crippen LogP) is 4.77. The average molecular weight is 508 g/mol. The highest BCUT2D eigenvalue weighted by Crippen LogP contribution is 2.55. The minimum atomic E-state index is -2.56. The number of unbranched alkanes of at least 4 members (excludes halogenated alkanes) is 4. The maximum absolute atomic E-state index is 10.3. The molecular weight excluding hydrogens is 466 g/mol. The minimum absolute atomic E-state index is 0.0405. The smallest absolute Gasteiger partial charge is 0.121 e. The summed E-state index contributed by atoms with van der Waals surface area (Å²) in [6.45, 7) is 2.55. The fraction of sp³-hybridized carbons (Fsp3) is 0.556. The van der Waals surface area contributed by atoms with Crippen molar-refractivity contribution in [3.63, 3.8) is 0 Å². The molecule has 35 heavy (non-hydrogen) atoms. The molecule has 0 unspecified atom stereocenters. The van der Waals surface area contributed by atoms with Gasteiger partial charge >= 0.3 is 0 Å². The van der Waals surface area contributed by atoms with E-state index in [9.17, 15) is 24.4 Å². The van der Waals surface area contributed by atoms with Crippen LogP contribution in [0.2, 0.25) is 0 Å². The van der Waals surface area contributed by atoms with Gasteiger partial charge in [-0.25, -0.2) is 0 Å². The summed E-state index contributed by atoms with van der Waals surface area (Å²) in [6.07, 6.45) is 7.36. The zero-order chi connectivity index (χ0) is 25.1. The molecule has 0 spiro atoms. The minimum Gasteiger partial charge on any atom is -0.508 e. The second kappa shape index (κ2) is 14.2. The molecule has 0 bridgehead atoms. The summed E-state index contributed by atoms with van der Waals surface area (Å²) in [6, 6.07) is 10.9. The van der Waals surface area contributed by atoms with Crippen LogP contribution in [0, 0.1) is 0 Å². The normalized spacial score (nSPS) is 16.2. The molecule has 2 aromatic carbocycles. The van der Waals surface area contributed by atoms with Crippen LogP contribution in [0.1, 0.15) is 66.9 Å². The zero-order valence-corrected chi connectivity index (χ0v) is 21.3. The highest BCUT2D eigenvalue weighted by molar-refractivity contribution is 8.24. The average Bonchev–Trinajstić information content (AvgIpc) is 3.16. The van der Waals surface area contributed by atoms with Crippen LogP contribution in [0.3, 0.4) is 0 Å². The molecule has 6 N–H and O–H groups in total. The van der Waals surface area contributed by atoms with Gasteiger partial charge in [0.1, 0.15) is 5.75 Å². The standard InChI is InChI=1S/C27H41NO6S/c29-20-24-18-23(10-11-25(24)30)26(31)19-28-13-4-1-2-5-14-34-15-6-3-7-21-8-9-22-12-16-35(32,33)27(22)17-21/h8-11,17-18,26,28-33H,1-7,12-16,19-20H2/t26-/m0/s1. The number of aliphatic hydroxyl groups excluding tert-OH is 2. The second-order valence-corrected chi connectivity index (χ2v) is 11.5. The summed E-state index contributed by atoms with van der Waals surface area (Å²) < 4.78 is 26.0. The van der Waals surface area contributed by atoms with Crippen molar-refractivity contribution >= 4 is 10.6 Å². The Balaban J connectivity index is 1.14. The fourth-order valence-electron chi connectivity index (χ4n) is 4.37. The van der Waals surface area contributed by atoms with Gasteiger partial charge in [0.05, 0.1) is 17.6 Å². The first-order valence-corrected chi connectivity index (χ1v) is 14.4. The number of rotatable bonds is 16. The monoisotopic (exact) mass is 507 g/mol. The van der Waals surface area contributed by atoms with Crippen LogP contribution in [0.25, 0.3) is 0 Å². The Hall–Kier alpha value is -1.65. The SMILES string of the molecule is OCc1cc([C@@H](O)CNCCCCCCOCCCCc2ccc3c(c2)S(O)(O)CC3)ccc1O. The number of aryl methyl sites for hydroxylation is 2. The van der Waals surface area contributed by atoms with E-state index >= 15 is 0 Å². The van der Waals surface area contributed by atoms with Crippen LogP contribution in [0.15, 0.2) is 41.3 Å². The molecule has 2 aromatic rings. The Morgan fingerprint density at radius 3 is 2.51 bits per heavy atom. The number of aliphatic hydroxyl groups is 2. The second-order valence-electron chi connectivity index (χ2n) is 9.31. The molecular formula is C27H41NO6S. The third-order valence-electron chi connectivity index (χ3n) is 6.53. The maximum atomic E-state index is 10.3. The van der Waals surface area contributed by atoms with Crippen molar-refractivity contribution < 1.29 is 29.2 Å². The van der Waals surface area contributed by atoms with E-state index in [1.165, 1.54) is 11.6 Å². The van der Waals surface area contributed by atoms with Crippen molar-refractivity contribution in [1.29, 1.82) is 0 Å². The molecule has 0 aromatic heterocycles. The van der Waals surface area contributed by atoms with Gasteiger partial charge in [0.25, 0.3) is 0 Å². The van der Waals surface area contributed by atoms with E-state index < -0.39 is 16.7 Å². The molecule has 1 aliphatic heterocycles. The summed E-state index contributed by atoms with van der Waals surface area (Å²) in [4.78, 5) is 0.756. The number of fused-ring (bicyclic) bond motifs is 1. The van der Waals surface area contributed by atoms with Crippen molar-refractivity contribution in [2.24, 2.45) is 0 Å². The van der Waals surface area contributed by atoms with Gasteiger partial charge in [-0.05, 0) is 80.0 Å². The van der Waals surface area contributed by atoms with Crippen LogP contribution in [0.4, 0.5) is 0 Å². The van der Waals surface area contributed by atoms with E-state index in [-0.39, 0.29) is 12.4 Å². The Morgan fingerprint density at radius 1 is 0.943 bits per heavy atom. The lowest BCUT2D eigenvalue weighted by atomic mass is 10.1. The summed E-state index contributed by atoms with van der Waals surface area (Å²) >= 11 is 0. The molecule has 3 rings (SSSR count). The number of phenols is 1. The molecule has 8 heteroatoms. The molecule has 196 valence electrons. The summed E-state index contributed by atoms with van der Waals surface area (Å²) in [7, 11) is -2.56. The van der Waals surface area contributed by atoms with Crippen molar-refractivity contribution in [2.45, 2.75) is 69.0 Å². The lowest BCUT2D eigenvalue weighted by molar-refractivity contribution is 0.126. The van der Waals surface area contributed by atoms with Gasteiger partial charge in [-0.2, -0.15) is 10.6 Å². The quantitative estimate of drug-likeness (QED) is 0.181. The number of aromatic hydroxyl groups is 1. The van der Waals surface area contributed by atoms with Gasteiger partial charge < -0.3 is 25.4 Å². The molecule has 0 saturated carbocycles. The highest BCUT2D eigenvalue weighted by atomic mass is 32.3. The number of ether oxygens (including phenoxy) is 1. The van der Waals surface area contributed by atoms with Gasteiger partial charge in [-0.1, -0.05) is 31.0 Å². The predicted molar refractivity (Wildman–Crippen MR) is 140 cm³/mol. The van der Waals surface area contributed by atoms with Crippen molar-refractivity contribution in [3.8, 4) is 5.75 Å². The summed E-state index contributed by atoms with van der Waals surface area (Å²) in [5, 5.41) is 32.3. The van der Waals surface area contributed by atoms with E-state index in [0.29, 0.717) is 23.4 Å². The van der Waals surface area contributed by atoms with Gasteiger partial charge in [-0.15, -0.1) is 0 Å². The summed E-state index contributed by atoms with van der Waals surface area (Å²) in [5.41, 5.74) is 3.36. The van der Waals surface area contributed by atoms with Crippen molar-refractivity contribution in [2.75, 3.05) is 32.1 Å². The van der Waals surface area contributed by atoms with Gasteiger partial charge in [0.15, 0.2) is 0 Å². The Morgan fingerprint density at radius 2 is 1.71 bits per heavy atom. The fourth-order valence-corrected chi connectivity index (χ4v) is 6.02. The van der Waals surface area contributed by atoms with Gasteiger partial charge in [-0.3, -0.25) is 9.11 Å². The first-order valence-electron chi connectivity index (χ1n) is 12.7. The van der Waals surface area contributed by atoms with Crippen LogP contribution < -0.4 is 5.32 Å². The first-order chi connectivity index (χ1) is 16.9. The number of hydrogen-bond acceptors (Lipinski definition) is 7. The Bertz CT molecular complexity index is 923. The summed E-state index contributed by atoms with van der Waals surface area (Å²) in [5.74, 6) is 0.506. The van der Waals surface area contributed by atoms with Gasteiger partial charge in [0.2, 0.25) is 0 Å². The molecule has 0 radical (unpaired) electrons. The number of hydrogen-bond donors (Lipinski definition) is 6.